The van der Waals surface area contributed by atoms with Gasteiger partial charge in [0.25, 0.3) is 0 Å². The van der Waals surface area contributed by atoms with E-state index in [9.17, 15) is 9.18 Å². The van der Waals surface area contributed by atoms with Crippen LogP contribution in [0.2, 0.25) is 19.1 Å². The van der Waals surface area contributed by atoms with Crippen LogP contribution in [0.3, 0.4) is 0 Å². The molecule has 0 saturated carbocycles. The molecule has 0 aliphatic carbocycles. The Morgan fingerprint density at radius 1 is 1.41 bits per heavy atom. The molecule has 0 aliphatic rings. The molecule has 0 atom stereocenters. The summed E-state index contributed by atoms with van der Waals surface area (Å²) in [6, 6.07) is 8.89. The molecule has 0 heterocycles. The number of nitrogens with zero attached hydrogens (tertiary/aromatic N) is 1. The van der Waals surface area contributed by atoms with Crippen LogP contribution in [-0.2, 0) is 0 Å². The van der Waals surface area contributed by atoms with Gasteiger partial charge in [-0.1, -0.05) is 49.8 Å². The van der Waals surface area contributed by atoms with Gasteiger partial charge < -0.3 is 0 Å². The quantitative estimate of drug-likeness (QED) is 0.456. The van der Waals surface area contributed by atoms with Crippen molar-refractivity contribution in [2.75, 3.05) is 11.9 Å². The molecular formula is C13H20FNOSi. The van der Waals surface area contributed by atoms with Gasteiger partial charge in [0.15, 0.2) is 0 Å². The summed E-state index contributed by atoms with van der Waals surface area (Å²) in [5, 5.41) is 1.27. The number of benzene rings is 1. The number of hydrogen-bond acceptors (Lipinski definition) is 1. The third kappa shape index (κ3) is 3.39. The summed E-state index contributed by atoms with van der Waals surface area (Å²) in [5.74, 6) is 0. The maximum Gasteiger partial charge on any atom is 0.404 e. The molecule has 0 radical (unpaired) electrons. The van der Waals surface area contributed by atoms with Gasteiger partial charge in [-0.05, 0) is 12.1 Å². The fourth-order valence-corrected chi connectivity index (χ4v) is 4.63. The molecule has 0 aliphatic heterocycles. The average Bonchev–Trinajstić information content (AvgIpc) is 2.28. The third-order valence-electron chi connectivity index (χ3n) is 3.15. The molecule has 0 N–H and O–H groups in total. The second-order valence-corrected chi connectivity index (χ2v) is 9.84. The molecule has 1 aromatic rings. The van der Waals surface area contributed by atoms with E-state index in [-0.39, 0.29) is 0 Å². The van der Waals surface area contributed by atoms with Crippen LogP contribution in [0.1, 0.15) is 13.3 Å². The van der Waals surface area contributed by atoms with Gasteiger partial charge in [0.1, 0.15) is 0 Å². The fraction of sp³-hybridized carbons (Fsp3) is 0.462. The van der Waals surface area contributed by atoms with Crippen LogP contribution >= 0.6 is 0 Å². The number of amides is 1. The van der Waals surface area contributed by atoms with E-state index >= 15 is 0 Å². The first-order chi connectivity index (χ1) is 7.88. The summed E-state index contributed by atoms with van der Waals surface area (Å²) in [7, 11) is 0.00233. The molecule has 0 spiro atoms. The number of halogens is 1. The Morgan fingerprint density at radius 3 is 2.59 bits per heavy atom. The lowest BCUT2D eigenvalue weighted by atomic mass is 10.3. The topological polar surface area (TPSA) is 20.3 Å². The van der Waals surface area contributed by atoms with E-state index < -0.39 is 14.2 Å². The third-order valence-corrected chi connectivity index (χ3v) is 6.78. The van der Waals surface area contributed by atoms with Crippen molar-refractivity contribution in [2.24, 2.45) is 0 Å². The molecule has 0 bridgehead atoms. The lowest BCUT2D eigenvalue weighted by Crippen LogP contribution is -2.41. The van der Waals surface area contributed by atoms with Gasteiger partial charge in [-0.2, -0.15) is 0 Å². The first kappa shape index (κ1) is 13.9. The highest BCUT2D eigenvalue weighted by molar-refractivity contribution is 6.89. The van der Waals surface area contributed by atoms with Gasteiger partial charge in [-0.3, -0.25) is 4.90 Å². The Balaban J connectivity index is 3.04. The van der Waals surface area contributed by atoms with Crippen molar-refractivity contribution < 1.29 is 9.18 Å². The summed E-state index contributed by atoms with van der Waals surface area (Å²) >= 11 is 0. The molecule has 1 rings (SSSR count). The number of rotatable bonds is 4. The Bertz CT molecular complexity index is 406. The van der Waals surface area contributed by atoms with Crippen LogP contribution in [0.15, 0.2) is 24.3 Å². The molecule has 4 heteroatoms. The van der Waals surface area contributed by atoms with E-state index in [1.807, 2.05) is 12.1 Å². The zero-order valence-corrected chi connectivity index (χ0v) is 12.0. The van der Waals surface area contributed by atoms with Gasteiger partial charge in [-0.15, -0.1) is 4.39 Å². The van der Waals surface area contributed by atoms with Gasteiger partial charge in [0.2, 0.25) is 0 Å². The summed E-state index contributed by atoms with van der Waals surface area (Å²) in [6.07, 6.45) is -0.265. The minimum atomic E-state index is -1.45. The van der Waals surface area contributed by atoms with E-state index in [0.717, 1.165) is 11.3 Å². The fourth-order valence-electron chi connectivity index (χ4n) is 2.01. The lowest BCUT2D eigenvalue weighted by Gasteiger charge is -2.24. The van der Waals surface area contributed by atoms with Gasteiger partial charge >= 0.3 is 6.16 Å². The zero-order valence-electron chi connectivity index (χ0n) is 11.0. The maximum absolute atomic E-state index is 12.7. The van der Waals surface area contributed by atoms with E-state index in [2.05, 4.69) is 26.1 Å². The molecule has 0 saturated heterocycles. The second kappa shape index (κ2) is 5.45. The van der Waals surface area contributed by atoms with Crippen molar-refractivity contribution in [1.82, 2.24) is 0 Å². The zero-order chi connectivity index (χ0) is 13.1. The largest absolute Gasteiger partial charge is 0.404 e. The Labute approximate surface area is 103 Å². The number of carbonyl (C=O) groups excluding carboxylic acids is 1. The molecule has 17 heavy (non-hydrogen) atoms. The summed E-state index contributed by atoms with van der Waals surface area (Å²) in [4.78, 5) is 11.7. The monoisotopic (exact) mass is 253 g/mol. The minimum absolute atomic E-state index is 0.631. The SMILES string of the molecule is CCC[Si](C)(C)c1cccc(N(C)C(=O)F)c1. The second-order valence-electron chi connectivity index (χ2n) is 5.00. The van der Waals surface area contributed by atoms with Crippen molar-refractivity contribution >= 4 is 25.1 Å². The molecule has 94 valence electrons. The van der Waals surface area contributed by atoms with Gasteiger partial charge in [0.05, 0.1) is 8.07 Å². The van der Waals surface area contributed by atoms with Crippen LogP contribution in [0.25, 0.3) is 0 Å². The molecule has 2 nitrogen and oxygen atoms in total. The number of carbonyl (C=O) groups is 1. The average molecular weight is 253 g/mol. The number of anilines is 1. The van der Waals surface area contributed by atoms with E-state index in [1.54, 1.807) is 6.07 Å². The van der Waals surface area contributed by atoms with Gasteiger partial charge in [-0.25, -0.2) is 4.79 Å². The Morgan fingerprint density at radius 2 is 2.06 bits per heavy atom. The van der Waals surface area contributed by atoms with Gasteiger partial charge in [0, 0.05) is 12.7 Å². The molecule has 0 unspecified atom stereocenters. The van der Waals surface area contributed by atoms with E-state index in [4.69, 9.17) is 0 Å². The molecule has 1 aromatic carbocycles. The Kier molecular flexibility index (Phi) is 4.45. The maximum atomic E-state index is 12.7. The summed E-state index contributed by atoms with van der Waals surface area (Å²) in [5.41, 5.74) is 0.631. The number of hydrogen-bond donors (Lipinski definition) is 0. The first-order valence-electron chi connectivity index (χ1n) is 5.92. The van der Waals surface area contributed by atoms with Crippen molar-refractivity contribution in [2.45, 2.75) is 32.5 Å². The van der Waals surface area contributed by atoms with Crippen LogP contribution in [0.5, 0.6) is 0 Å². The van der Waals surface area contributed by atoms with Crippen LogP contribution in [-0.4, -0.2) is 21.3 Å². The normalized spacial score (nSPS) is 11.4. The van der Waals surface area contributed by atoms with Crippen molar-refractivity contribution in [3.05, 3.63) is 24.3 Å². The van der Waals surface area contributed by atoms with E-state index in [0.29, 0.717) is 5.69 Å². The highest BCUT2D eigenvalue weighted by Crippen LogP contribution is 2.17. The molecule has 0 fully saturated rings. The molecule has 1 amide bonds. The van der Waals surface area contributed by atoms with Crippen LogP contribution in [0.4, 0.5) is 14.9 Å². The molecular weight excluding hydrogens is 233 g/mol. The standard InChI is InChI=1S/C13H20FNOSi/c1-5-9-17(3,4)12-8-6-7-11(10-12)15(2)13(14)16/h6-8,10H,5,9H2,1-4H3. The first-order valence-corrected chi connectivity index (χ1v) is 9.13. The van der Waals surface area contributed by atoms with Crippen LogP contribution < -0.4 is 10.1 Å². The minimum Gasteiger partial charge on any atom is -0.287 e. The highest BCUT2D eigenvalue weighted by Gasteiger charge is 2.23. The lowest BCUT2D eigenvalue weighted by molar-refractivity contribution is 0.229. The summed E-state index contributed by atoms with van der Waals surface area (Å²) in [6.45, 7) is 6.77. The molecule has 0 aromatic heterocycles. The van der Waals surface area contributed by atoms with E-state index in [1.165, 1.54) is 18.3 Å². The van der Waals surface area contributed by atoms with Crippen LogP contribution in [0, 0.1) is 0 Å². The van der Waals surface area contributed by atoms with Crippen molar-refractivity contribution in [3.8, 4) is 0 Å². The predicted molar refractivity (Wildman–Crippen MR) is 73.6 cm³/mol. The summed E-state index contributed by atoms with van der Waals surface area (Å²) < 4.78 is 12.7. The van der Waals surface area contributed by atoms with Crippen molar-refractivity contribution in [1.29, 1.82) is 0 Å². The highest BCUT2D eigenvalue weighted by atomic mass is 28.3. The Hall–Kier alpha value is -1.16. The smallest absolute Gasteiger partial charge is 0.287 e. The van der Waals surface area contributed by atoms with Crippen molar-refractivity contribution in [3.63, 3.8) is 0 Å². The predicted octanol–water partition coefficient (Wildman–Crippen LogP) is 3.54.